The summed E-state index contributed by atoms with van der Waals surface area (Å²) in [6, 6.07) is 9.33. The number of hydrogen-bond acceptors (Lipinski definition) is 4. The molecule has 116 valence electrons. The fourth-order valence-electron chi connectivity index (χ4n) is 2.48. The van der Waals surface area contributed by atoms with E-state index in [0.717, 1.165) is 31.2 Å². The lowest BCUT2D eigenvalue weighted by Crippen LogP contribution is -2.28. The molecule has 6 heteroatoms. The topological polar surface area (TPSA) is 84.5 Å². The van der Waals surface area contributed by atoms with Gasteiger partial charge in [0.2, 0.25) is 10.0 Å². The number of nitrogens with two attached hydrogens (primary N) is 1. The molecule has 0 amide bonds. The SMILES string of the molecule is NC1=NC(CCNS(=O)(=O)Cc2ccccc2)CCCC1. The van der Waals surface area contributed by atoms with Crippen LogP contribution in [0.5, 0.6) is 0 Å². The first kappa shape index (κ1) is 16.0. The molecule has 1 aliphatic rings. The Hall–Kier alpha value is -1.40. The number of benzene rings is 1. The molecule has 1 heterocycles. The van der Waals surface area contributed by atoms with Crippen LogP contribution in [0.15, 0.2) is 35.3 Å². The molecule has 2 rings (SSSR count). The van der Waals surface area contributed by atoms with Crippen molar-refractivity contribution < 1.29 is 8.42 Å². The van der Waals surface area contributed by atoms with Crippen LogP contribution in [0, 0.1) is 0 Å². The molecule has 1 aliphatic heterocycles. The summed E-state index contributed by atoms with van der Waals surface area (Å²) in [5.74, 6) is 0.717. The van der Waals surface area contributed by atoms with Crippen molar-refractivity contribution in [3.8, 4) is 0 Å². The summed E-state index contributed by atoms with van der Waals surface area (Å²) in [6.45, 7) is 0.413. The molecule has 0 spiro atoms. The standard InChI is InChI=1S/C15H23N3O2S/c16-15-9-5-4-8-14(18-15)10-11-17-21(19,20)12-13-6-2-1-3-7-13/h1-3,6-7,14,17H,4-5,8-12H2,(H2,16,18). The first-order valence-electron chi connectivity index (χ1n) is 7.38. The number of nitrogens with zero attached hydrogens (tertiary/aromatic N) is 1. The third kappa shape index (κ3) is 5.85. The molecule has 1 aromatic rings. The van der Waals surface area contributed by atoms with Crippen LogP contribution in [0.25, 0.3) is 0 Å². The Kier molecular flexibility index (Phi) is 5.76. The predicted octanol–water partition coefficient (Wildman–Crippen LogP) is 1.80. The predicted molar refractivity (Wildman–Crippen MR) is 85.6 cm³/mol. The van der Waals surface area contributed by atoms with Crippen molar-refractivity contribution in [3.63, 3.8) is 0 Å². The highest BCUT2D eigenvalue weighted by Gasteiger charge is 2.15. The van der Waals surface area contributed by atoms with Gasteiger partial charge in [-0.15, -0.1) is 0 Å². The second-order valence-electron chi connectivity index (χ2n) is 5.45. The molecular formula is C15H23N3O2S. The van der Waals surface area contributed by atoms with Gasteiger partial charge in [-0.25, -0.2) is 13.1 Å². The molecule has 0 aromatic heterocycles. The highest BCUT2D eigenvalue weighted by atomic mass is 32.2. The van der Waals surface area contributed by atoms with E-state index in [-0.39, 0.29) is 11.8 Å². The van der Waals surface area contributed by atoms with Gasteiger partial charge in [-0.2, -0.15) is 0 Å². The summed E-state index contributed by atoms with van der Waals surface area (Å²) in [6.07, 6.45) is 4.73. The van der Waals surface area contributed by atoms with Gasteiger partial charge < -0.3 is 5.73 Å². The Morgan fingerprint density at radius 1 is 1.24 bits per heavy atom. The molecule has 3 N–H and O–H groups in total. The van der Waals surface area contributed by atoms with E-state index in [9.17, 15) is 8.42 Å². The third-order valence-corrected chi connectivity index (χ3v) is 4.93. The summed E-state index contributed by atoms with van der Waals surface area (Å²) in [7, 11) is -3.29. The smallest absolute Gasteiger partial charge is 0.215 e. The minimum absolute atomic E-state index is 0.0178. The van der Waals surface area contributed by atoms with Gasteiger partial charge in [0.05, 0.1) is 17.6 Å². The maximum atomic E-state index is 12.0. The minimum atomic E-state index is -3.29. The van der Waals surface area contributed by atoms with Crippen molar-refractivity contribution in [1.29, 1.82) is 0 Å². The molecule has 0 saturated carbocycles. The Morgan fingerprint density at radius 3 is 2.76 bits per heavy atom. The fourth-order valence-corrected chi connectivity index (χ4v) is 3.65. The van der Waals surface area contributed by atoms with E-state index >= 15 is 0 Å². The quantitative estimate of drug-likeness (QED) is 0.840. The van der Waals surface area contributed by atoms with E-state index < -0.39 is 10.0 Å². The molecule has 0 radical (unpaired) electrons. The Bertz CT molecular complexity index is 570. The van der Waals surface area contributed by atoms with E-state index in [1.807, 2.05) is 30.3 Å². The molecule has 1 unspecified atom stereocenters. The van der Waals surface area contributed by atoms with Crippen LogP contribution in [-0.2, 0) is 15.8 Å². The van der Waals surface area contributed by atoms with E-state index in [1.54, 1.807) is 0 Å². The van der Waals surface area contributed by atoms with Crippen LogP contribution in [0.3, 0.4) is 0 Å². The van der Waals surface area contributed by atoms with Crippen molar-refractivity contribution in [2.45, 2.75) is 43.9 Å². The summed E-state index contributed by atoms with van der Waals surface area (Å²) in [5.41, 5.74) is 6.59. The Labute approximate surface area is 126 Å². The highest BCUT2D eigenvalue weighted by molar-refractivity contribution is 7.88. The average Bonchev–Trinajstić information content (AvgIpc) is 2.63. The number of nitrogens with one attached hydrogen (secondary N) is 1. The number of aliphatic imine (C=N–C) groups is 1. The average molecular weight is 309 g/mol. The zero-order valence-corrected chi connectivity index (χ0v) is 13.0. The van der Waals surface area contributed by atoms with Gasteiger partial charge in [0, 0.05) is 13.0 Å². The van der Waals surface area contributed by atoms with Crippen molar-refractivity contribution in [2.24, 2.45) is 10.7 Å². The zero-order chi connectivity index (χ0) is 15.1. The first-order chi connectivity index (χ1) is 10.1. The second kappa shape index (κ2) is 7.56. The number of hydrogen-bond donors (Lipinski definition) is 2. The normalized spacial score (nSPS) is 19.8. The second-order valence-corrected chi connectivity index (χ2v) is 7.25. The largest absolute Gasteiger partial charge is 0.387 e. The molecule has 1 aromatic carbocycles. The monoisotopic (exact) mass is 309 g/mol. The molecule has 5 nitrogen and oxygen atoms in total. The minimum Gasteiger partial charge on any atom is -0.387 e. The first-order valence-corrected chi connectivity index (χ1v) is 9.04. The maximum Gasteiger partial charge on any atom is 0.215 e. The fraction of sp³-hybridized carbons (Fsp3) is 0.533. The Morgan fingerprint density at radius 2 is 2.00 bits per heavy atom. The number of sulfonamides is 1. The summed E-state index contributed by atoms with van der Waals surface area (Å²) in [4.78, 5) is 4.44. The highest BCUT2D eigenvalue weighted by Crippen LogP contribution is 2.14. The van der Waals surface area contributed by atoms with Gasteiger partial charge >= 0.3 is 0 Å². The van der Waals surface area contributed by atoms with Gasteiger partial charge in [-0.1, -0.05) is 36.8 Å². The van der Waals surface area contributed by atoms with Crippen molar-refractivity contribution in [1.82, 2.24) is 4.72 Å². The molecular weight excluding hydrogens is 286 g/mol. The van der Waals surface area contributed by atoms with Gasteiger partial charge in [0.15, 0.2) is 0 Å². The van der Waals surface area contributed by atoms with E-state index in [1.165, 1.54) is 0 Å². The molecule has 21 heavy (non-hydrogen) atoms. The van der Waals surface area contributed by atoms with Crippen molar-refractivity contribution in [2.75, 3.05) is 6.54 Å². The molecule has 0 aliphatic carbocycles. The van der Waals surface area contributed by atoms with Crippen LogP contribution in [0.4, 0.5) is 0 Å². The summed E-state index contributed by atoms with van der Waals surface area (Å²) >= 11 is 0. The van der Waals surface area contributed by atoms with E-state index in [2.05, 4.69) is 9.71 Å². The van der Waals surface area contributed by atoms with E-state index in [4.69, 9.17) is 5.73 Å². The Balaban J connectivity index is 1.80. The lowest BCUT2D eigenvalue weighted by Gasteiger charge is -2.12. The lowest BCUT2D eigenvalue weighted by atomic mass is 10.1. The molecule has 0 fully saturated rings. The van der Waals surface area contributed by atoms with Crippen LogP contribution in [0.1, 0.15) is 37.7 Å². The van der Waals surface area contributed by atoms with Gasteiger partial charge in [0.1, 0.15) is 0 Å². The molecule has 0 saturated heterocycles. The van der Waals surface area contributed by atoms with E-state index in [0.29, 0.717) is 18.8 Å². The van der Waals surface area contributed by atoms with Gasteiger partial charge in [-0.05, 0) is 24.8 Å². The van der Waals surface area contributed by atoms with Crippen LogP contribution in [0.2, 0.25) is 0 Å². The lowest BCUT2D eigenvalue weighted by molar-refractivity contribution is 0.537. The molecule has 1 atom stereocenters. The van der Waals surface area contributed by atoms with Crippen LogP contribution < -0.4 is 10.5 Å². The van der Waals surface area contributed by atoms with Crippen molar-refractivity contribution in [3.05, 3.63) is 35.9 Å². The van der Waals surface area contributed by atoms with Crippen LogP contribution in [-0.4, -0.2) is 26.8 Å². The molecule has 0 bridgehead atoms. The zero-order valence-electron chi connectivity index (χ0n) is 12.2. The summed E-state index contributed by atoms with van der Waals surface area (Å²) < 4.78 is 26.7. The van der Waals surface area contributed by atoms with Gasteiger partial charge in [0.25, 0.3) is 0 Å². The number of rotatable bonds is 6. The number of amidine groups is 1. The van der Waals surface area contributed by atoms with Crippen molar-refractivity contribution >= 4 is 15.9 Å². The maximum absolute atomic E-state index is 12.0. The van der Waals surface area contributed by atoms with Crippen LogP contribution >= 0.6 is 0 Å². The van der Waals surface area contributed by atoms with Gasteiger partial charge in [-0.3, -0.25) is 4.99 Å². The third-order valence-electron chi connectivity index (χ3n) is 3.57. The summed E-state index contributed by atoms with van der Waals surface area (Å²) in [5, 5.41) is 0.